The number of nitrogens with one attached hydrogen (secondary N) is 1. The minimum absolute atomic E-state index is 0.726. The van der Waals surface area contributed by atoms with Crippen LogP contribution in [0.5, 0.6) is 0 Å². The predicted molar refractivity (Wildman–Crippen MR) is 75.4 cm³/mol. The number of aryl methyl sites for hydroxylation is 1. The zero-order chi connectivity index (χ0) is 12.1. The van der Waals surface area contributed by atoms with E-state index < -0.39 is 0 Å². The molecule has 17 heavy (non-hydrogen) atoms. The van der Waals surface area contributed by atoms with Crippen molar-refractivity contribution in [2.24, 2.45) is 7.05 Å². The van der Waals surface area contributed by atoms with Gasteiger partial charge in [-0.2, -0.15) is 28.8 Å². The molecular weight excluding hydrogens is 250 g/mol. The van der Waals surface area contributed by atoms with Crippen molar-refractivity contribution in [3.63, 3.8) is 0 Å². The minimum atomic E-state index is 0.726. The van der Waals surface area contributed by atoms with E-state index in [-0.39, 0.29) is 0 Å². The summed E-state index contributed by atoms with van der Waals surface area (Å²) in [6, 6.07) is 4.14. The van der Waals surface area contributed by atoms with Crippen molar-refractivity contribution in [2.45, 2.75) is 11.8 Å². The Labute approximate surface area is 111 Å². The standard InChI is InChI=1S/C12H17N3S2/c1-15-8-10(4-11(15)5-13)6-14-7-12-9-16-2-3-17-12/h4,8,12,14H,2-3,6-7,9H2,1H3. The van der Waals surface area contributed by atoms with Gasteiger partial charge < -0.3 is 9.88 Å². The molecule has 1 aromatic heterocycles. The molecule has 0 aromatic carbocycles. The lowest BCUT2D eigenvalue weighted by Crippen LogP contribution is -2.28. The molecule has 1 aliphatic rings. The van der Waals surface area contributed by atoms with Gasteiger partial charge in [0.15, 0.2) is 0 Å². The van der Waals surface area contributed by atoms with Crippen LogP contribution >= 0.6 is 23.5 Å². The van der Waals surface area contributed by atoms with Gasteiger partial charge in [-0.05, 0) is 11.6 Å². The largest absolute Gasteiger partial charge is 0.342 e. The second-order valence-electron chi connectivity index (χ2n) is 4.15. The van der Waals surface area contributed by atoms with E-state index in [1.807, 2.05) is 23.9 Å². The van der Waals surface area contributed by atoms with Gasteiger partial charge in [0.05, 0.1) is 0 Å². The highest BCUT2D eigenvalue weighted by Gasteiger charge is 2.13. The van der Waals surface area contributed by atoms with Crippen molar-refractivity contribution in [1.82, 2.24) is 9.88 Å². The zero-order valence-corrected chi connectivity index (χ0v) is 11.6. The molecule has 0 bridgehead atoms. The fourth-order valence-corrected chi connectivity index (χ4v) is 4.52. The average molecular weight is 267 g/mol. The molecule has 1 unspecified atom stereocenters. The summed E-state index contributed by atoms with van der Waals surface area (Å²) in [6.45, 7) is 1.92. The van der Waals surface area contributed by atoms with Gasteiger partial charge in [-0.15, -0.1) is 0 Å². The van der Waals surface area contributed by atoms with Crippen molar-refractivity contribution in [3.8, 4) is 6.07 Å². The Balaban J connectivity index is 1.75. The third-order valence-corrected chi connectivity index (χ3v) is 5.61. The Morgan fingerprint density at radius 1 is 1.59 bits per heavy atom. The highest BCUT2D eigenvalue weighted by molar-refractivity contribution is 8.06. The fourth-order valence-electron chi connectivity index (χ4n) is 1.87. The lowest BCUT2D eigenvalue weighted by molar-refractivity contribution is 0.685. The van der Waals surface area contributed by atoms with Crippen LogP contribution in [0.1, 0.15) is 11.3 Å². The van der Waals surface area contributed by atoms with Crippen LogP contribution in [0.2, 0.25) is 0 Å². The van der Waals surface area contributed by atoms with Crippen LogP contribution in [0.15, 0.2) is 12.3 Å². The first kappa shape index (κ1) is 12.9. The van der Waals surface area contributed by atoms with Gasteiger partial charge in [0.1, 0.15) is 11.8 Å². The van der Waals surface area contributed by atoms with E-state index in [1.54, 1.807) is 0 Å². The van der Waals surface area contributed by atoms with E-state index in [1.165, 1.54) is 22.8 Å². The molecule has 1 atom stereocenters. The van der Waals surface area contributed by atoms with E-state index in [0.29, 0.717) is 0 Å². The third kappa shape index (κ3) is 3.70. The van der Waals surface area contributed by atoms with Crippen molar-refractivity contribution in [2.75, 3.05) is 23.8 Å². The molecule has 0 saturated carbocycles. The molecule has 0 amide bonds. The number of thioether (sulfide) groups is 2. The van der Waals surface area contributed by atoms with E-state index >= 15 is 0 Å². The van der Waals surface area contributed by atoms with Gasteiger partial charge >= 0.3 is 0 Å². The number of nitrogens with zero attached hydrogens (tertiary/aromatic N) is 2. The van der Waals surface area contributed by atoms with Crippen LogP contribution in [0.4, 0.5) is 0 Å². The number of nitriles is 1. The van der Waals surface area contributed by atoms with Crippen molar-refractivity contribution >= 4 is 23.5 Å². The second kappa shape index (κ2) is 6.39. The summed E-state index contributed by atoms with van der Waals surface area (Å²) in [5.41, 5.74) is 1.92. The molecule has 5 heteroatoms. The Hall–Kier alpha value is -0.570. The molecule has 0 radical (unpaired) electrons. The minimum Gasteiger partial charge on any atom is -0.342 e. The molecule has 1 aliphatic heterocycles. The topological polar surface area (TPSA) is 40.8 Å². The molecule has 92 valence electrons. The van der Waals surface area contributed by atoms with Crippen LogP contribution in [-0.4, -0.2) is 33.6 Å². The maximum absolute atomic E-state index is 8.86. The quantitative estimate of drug-likeness (QED) is 0.903. The normalized spacial score (nSPS) is 20.1. The summed E-state index contributed by atoms with van der Waals surface area (Å²) in [5, 5.41) is 13.1. The maximum atomic E-state index is 8.86. The van der Waals surface area contributed by atoms with Crippen LogP contribution in [0.25, 0.3) is 0 Å². The summed E-state index contributed by atoms with van der Waals surface area (Å²) in [5.74, 6) is 3.84. The first-order valence-corrected chi connectivity index (χ1v) is 7.95. The molecule has 2 heterocycles. The van der Waals surface area contributed by atoms with Crippen LogP contribution in [0, 0.1) is 11.3 Å². The summed E-state index contributed by atoms with van der Waals surface area (Å²) in [7, 11) is 1.91. The average Bonchev–Trinajstić information content (AvgIpc) is 2.71. The zero-order valence-electron chi connectivity index (χ0n) is 9.98. The van der Waals surface area contributed by atoms with Gasteiger partial charge in [-0.25, -0.2) is 0 Å². The molecule has 1 N–H and O–H groups in total. The summed E-state index contributed by atoms with van der Waals surface area (Å²) in [4.78, 5) is 0. The van der Waals surface area contributed by atoms with Gasteiger partial charge in [0.25, 0.3) is 0 Å². The predicted octanol–water partition coefficient (Wildman–Crippen LogP) is 1.83. The van der Waals surface area contributed by atoms with E-state index in [4.69, 9.17) is 5.26 Å². The van der Waals surface area contributed by atoms with Gasteiger partial charge in [-0.3, -0.25) is 0 Å². The Kier molecular flexibility index (Phi) is 4.84. The van der Waals surface area contributed by atoms with Gasteiger partial charge in [0, 0.05) is 48.8 Å². The van der Waals surface area contributed by atoms with Crippen molar-refractivity contribution in [1.29, 1.82) is 5.26 Å². The van der Waals surface area contributed by atoms with Gasteiger partial charge in [0.2, 0.25) is 0 Å². The number of hydrogen-bond donors (Lipinski definition) is 1. The highest BCUT2D eigenvalue weighted by atomic mass is 32.2. The van der Waals surface area contributed by atoms with Gasteiger partial charge in [-0.1, -0.05) is 0 Å². The summed E-state index contributed by atoms with van der Waals surface area (Å²) in [6.07, 6.45) is 2.02. The third-order valence-electron chi connectivity index (χ3n) is 2.76. The van der Waals surface area contributed by atoms with E-state index in [2.05, 4.69) is 34.9 Å². The summed E-state index contributed by atoms with van der Waals surface area (Å²) >= 11 is 4.12. The lowest BCUT2D eigenvalue weighted by Gasteiger charge is -2.21. The molecule has 3 nitrogen and oxygen atoms in total. The first-order chi connectivity index (χ1) is 8.29. The number of hydrogen-bond acceptors (Lipinski definition) is 4. The van der Waals surface area contributed by atoms with Crippen LogP contribution < -0.4 is 5.32 Å². The molecule has 2 rings (SSSR count). The smallest absolute Gasteiger partial charge is 0.120 e. The molecular formula is C12H17N3S2. The second-order valence-corrected chi connectivity index (χ2v) is 6.71. The summed E-state index contributed by atoms with van der Waals surface area (Å²) < 4.78 is 1.88. The van der Waals surface area contributed by atoms with Crippen LogP contribution in [-0.2, 0) is 13.6 Å². The number of aromatic nitrogens is 1. The SMILES string of the molecule is Cn1cc(CNCC2CSCCS2)cc1C#N. The molecule has 1 saturated heterocycles. The first-order valence-electron chi connectivity index (χ1n) is 5.75. The number of rotatable bonds is 4. The van der Waals surface area contributed by atoms with Crippen LogP contribution in [0.3, 0.4) is 0 Å². The fraction of sp³-hybridized carbons (Fsp3) is 0.583. The molecule has 1 aromatic rings. The molecule has 1 fully saturated rings. The van der Waals surface area contributed by atoms with Crippen molar-refractivity contribution in [3.05, 3.63) is 23.5 Å². The lowest BCUT2D eigenvalue weighted by atomic mass is 10.3. The molecule has 0 aliphatic carbocycles. The Morgan fingerprint density at radius 3 is 3.12 bits per heavy atom. The van der Waals surface area contributed by atoms with E-state index in [0.717, 1.165) is 24.0 Å². The molecule has 0 spiro atoms. The Morgan fingerprint density at radius 2 is 2.47 bits per heavy atom. The highest BCUT2D eigenvalue weighted by Crippen LogP contribution is 2.23. The van der Waals surface area contributed by atoms with Crippen molar-refractivity contribution < 1.29 is 0 Å². The maximum Gasteiger partial charge on any atom is 0.120 e. The Bertz CT molecular complexity index is 402. The monoisotopic (exact) mass is 267 g/mol. The van der Waals surface area contributed by atoms with E-state index in [9.17, 15) is 0 Å².